The highest BCUT2D eigenvalue weighted by molar-refractivity contribution is 7.98. The minimum absolute atomic E-state index is 0.0194. The molecule has 1 aromatic heterocycles. The molecule has 1 atom stereocenters. The van der Waals surface area contributed by atoms with E-state index in [0.29, 0.717) is 31.0 Å². The van der Waals surface area contributed by atoms with Crippen LogP contribution < -0.4 is 5.32 Å². The summed E-state index contributed by atoms with van der Waals surface area (Å²) in [6.07, 6.45) is 2.22. The molecule has 1 saturated heterocycles. The monoisotopic (exact) mass is 382 g/mol. The summed E-state index contributed by atoms with van der Waals surface area (Å²) in [7, 11) is -3.42. The molecular weight excluding hydrogens is 364 g/mol. The van der Waals surface area contributed by atoms with Crippen LogP contribution in [0.2, 0.25) is 0 Å². The number of thioether (sulfide) groups is 1. The lowest BCUT2D eigenvalue weighted by Crippen LogP contribution is -2.42. The third-order valence-electron chi connectivity index (χ3n) is 3.73. The quantitative estimate of drug-likeness (QED) is 0.758. The molecule has 25 heavy (non-hydrogen) atoms. The number of rotatable bonds is 6. The largest absolute Gasteiger partial charge is 0.407 e. The second-order valence-corrected chi connectivity index (χ2v) is 8.61. The zero-order chi connectivity index (χ0) is 17.9. The van der Waals surface area contributed by atoms with Crippen molar-refractivity contribution >= 4 is 33.7 Å². The lowest BCUT2D eigenvalue weighted by molar-refractivity contribution is -0.119. The summed E-state index contributed by atoms with van der Waals surface area (Å²) in [5.74, 6) is 0.413. The van der Waals surface area contributed by atoms with Gasteiger partial charge in [0, 0.05) is 11.4 Å². The van der Waals surface area contributed by atoms with Gasteiger partial charge in [-0.05, 0) is 25.0 Å². The molecule has 8 nitrogen and oxygen atoms in total. The van der Waals surface area contributed by atoms with Crippen molar-refractivity contribution in [3.8, 4) is 0 Å². The van der Waals surface area contributed by atoms with Crippen LogP contribution in [0.1, 0.15) is 18.7 Å². The summed E-state index contributed by atoms with van der Waals surface area (Å²) in [5, 5.41) is 10.2. The predicted molar refractivity (Wildman–Crippen MR) is 93.5 cm³/mol. The van der Waals surface area contributed by atoms with Crippen molar-refractivity contribution in [3.05, 3.63) is 36.2 Å². The van der Waals surface area contributed by atoms with Crippen LogP contribution in [0.3, 0.4) is 0 Å². The first-order chi connectivity index (χ1) is 11.9. The predicted octanol–water partition coefficient (Wildman–Crippen LogP) is 1.72. The number of hydrogen-bond acceptors (Lipinski definition) is 7. The highest BCUT2D eigenvalue weighted by Gasteiger charge is 2.36. The van der Waals surface area contributed by atoms with Gasteiger partial charge in [0.1, 0.15) is 6.04 Å². The molecule has 134 valence electrons. The van der Waals surface area contributed by atoms with E-state index in [9.17, 15) is 13.2 Å². The fourth-order valence-corrected chi connectivity index (χ4v) is 4.49. The molecule has 2 aromatic rings. The average Bonchev–Trinajstić information content (AvgIpc) is 3.23. The van der Waals surface area contributed by atoms with Crippen LogP contribution >= 0.6 is 11.8 Å². The van der Waals surface area contributed by atoms with E-state index in [1.807, 2.05) is 30.3 Å². The Hall–Kier alpha value is -1.91. The summed E-state index contributed by atoms with van der Waals surface area (Å²) in [6.45, 7) is 0.347. The number of benzene rings is 1. The molecule has 0 spiro atoms. The van der Waals surface area contributed by atoms with Crippen molar-refractivity contribution in [2.45, 2.75) is 29.5 Å². The molecule has 1 N–H and O–H groups in total. The highest BCUT2D eigenvalue weighted by atomic mass is 32.2. The minimum Gasteiger partial charge on any atom is -0.407 e. The van der Waals surface area contributed by atoms with Crippen molar-refractivity contribution in [1.29, 1.82) is 0 Å². The molecule has 0 aliphatic carbocycles. The van der Waals surface area contributed by atoms with Crippen LogP contribution in [-0.2, 0) is 20.6 Å². The van der Waals surface area contributed by atoms with Crippen LogP contribution in [0, 0.1) is 0 Å². The van der Waals surface area contributed by atoms with Gasteiger partial charge in [-0.3, -0.25) is 10.1 Å². The van der Waals surface area contributed by atoms with E-state index < -0.39 is 22.0 Å². The number of carbonyl (C=O) groups excluding carboxylic acids is 1. The summed E-state index contributed by atoms with van der Waals surface area (Å²) in [6, 6.07) is 9.02. The summed E-state index contributed by atoms with van der Waals surface area (Å²) < 4.78 is 30.0. The van der Waals surface area contributed by atoms with Gasteiger partial charge in [0.15, 0.2) is 0 Å². The van der Waals surface area contributed by atoms with E-state index in [-0.39, 0.29) is 6.01 Å². The number of nitrogens with zero attached hydrogens (tertiary/aromatic N) is 3. The Bertz CT molecular complexity index is 838. The molecule has 1 amide bonds. The van der Waals surface area contributed by atoms with Crippen LogP contribution in [-0.4, -0.2) is 47.7 Å². The van der Waals surface area contributed by atoms with Crippen molar-refractivity contribution < 1.29 is 17.6 Å². The van der Waals surface area contributed by atoms with Crippen LogP contribution in [0.5, 0.6) is 0 Å². The molecule has 2 heterocycles. The van der Waals surface area contributed by atoms with Gasteiger partial charge >= 0.3 is 6.01 Å². The molecule has 1 fully saturated rings. The molecule has 0 radical (unpaired) electrons. The first-order valence-corrected chi connectivity index (χ1v) is 10.5. The Morgan fingerprint density at radius 3 is 2.84 bits per heavy atom. The summed E-state index contributed by atoms with van der Waals surface area (Å²) in [5.41, 5.74) is 0. The van der Waals surface area contributed by atoms with Crippen molar-refractivity contribution in [3.63, 3.8) is 0 Å². The molecular formula is C15H18N4O4S2. The Labute approximate surface area is 150 Å². The molecule has 1 aliphatic heterocycles. The summed E-state index contributed by atoms with van der Waals surface area (Å²) in [4.78, 5) is 13.4. The van der Waals surface area contributed by atoms with Crippen molar-refractivity contribution in [2.75, 3.05) is 18.1 Å². The van der Waals surface area contributed by atoms with Gasteiger partial charge in [0.25, 0.3) is 0 Å². The highest BCUT2D eigenvalue weighted by Crippen LogP contribution is 2.24. The smallest absolute Gasteiger partial charge is 0.322 e. The van der Waals surface area contributed by atoms with Crippen molar-refractivity contribution in [1.82, 2.24) is 14.5 Å². The average molecular weight is 382 g/mol. The zero-order valence-corrected chi connectivity index (χ0v) is 15.2. The zero-order valence-electron chi connectivity index (χ0n) is 13.6. The Kier molecular flexibility index (Phi) is 5.40. The Balaban J connectivity index is 1.58. The lowest BCUT2D eigenvalue weighted by atomic mass is 10.2. The van der Waals surface area contributed by atoms with Crippen LogP contribution in [0.4, 0.5) is 6.01 Å². The van der Waals surface area contributed by atoms with E-state index in [1.54, 1.807) is 0 Å². The molecule has 0 saturated carbocycles. The summed E-state index contributed by atoms with van der Waals surface area (Å²) >= 11 is 1.54. The SMILES string of the molecule is CS(=O)(=O)N1CCCC1C(=O)Nc1nnc(CSc2ccccc2)o1. The second kappa shape index (κ2) is 7.54. The molecule has 3 rings (SSSR count). The van der Waals surface area contributed by atoms with Gasteiger partial charge in [-0.2, -0.15) is 4.31 Å². The first kappa shape index (κ1) is 17.9. The molecule has 10 heteroatoms. The number of aromatic nitrogens is 2. The number of carbonyl (C=O) groups is 1. The van der Waals surface area contributed by atoms with E-state index in [1.165, 1.54) is 16.1 Å². The van der Waals surface area contributed by atoms with Gasteiger partial charge in [-0.15, -0.1) is 16.9 Å². The normalized spacial score (nSPS) is 18.4. The number of amides is 1. The van der Waals surface area contributed by atoms with Gasteiger partial charge in [0.2, 0.25) is 21.8 Å². The maximum absolute atomic E-state index is 12.3. The first-order valence-electron chi connectivity index (χ1n) is 7.71. The van der Waals surface area contributed by atoms with Crippen molar-refractivity contribution in [2.24, 2.45) is 0 Å². The van der Waals surface area contributed by atoms with Gasteiger partial charge in [0.05, 0.1) is 12.0 Å². The topological polar surface area (TPSA) is 105 Å². The number of hydrogen-bond donors (Lipinski definition) is 1. The molecule has 0 bridgehead atoms. The van der Waals surface area contributed by atoms with Crippen LogP contribution in [0.25, 0.3) is 0 Å². The standard InChI is InChI=1S/C15H18N4O4S2/c1-25(21,22)19-9-5-8-12(19)14(20)16-15-18-17-13(23-15)10-24-11-6-3-2-4-7-11/h2-4,6-7,12H,5,8-10H2,1H3,(H,16,18,20). The van der Waals surface area contributed by atoms with Gasteiger partial charge < -0.3 is 4.42 Å². The third-order valence-corrected chi connectivity index (χ3v) is 6.02. The van der Waals surface area contributed by atoms with Gasteiger partial charge in [-0.1, -0.05) is 23.3 Å². The third kappa shape index (κ3) is 4.59. The van der Waals surface area contributed by atoms with E-state index in [4.69, 9.17) is 4.42 Å². The number of nitrogens with one attached hydrogen (secondary N) is 1. The van der Waals surface area contributed by atoms with Gasteiger partial charge in [-0.25, -0.2) is 8.42 Å². The maximum Gasteiger partial charge on any atom is 0.322 e. The second-order valence-electron chi connectivity index (χ2n) is 5.62. The van der Waals surface area contributed by atoms with E-state index in [0.717, 1.165) is 11.2 Å². The fraction of sp³-hybridized carbons (Fsp3) is 0.400. The van der Waals surface area contributed by atoms with E-state index in [2.05, 4.69) is 15.5 Å². The molecule has 1 aliphatic rings. The maximum atomic E-state index is 12.3. The van der Waals surface area contributed by atoms with E-state index >= 15 is 0 Å². The fourth-order valence-electron chi connectivity index (χ4n) is 2.61. The molecule has 1 aromatic carbocycles. The number of sulfonamides is 1. The molecule has 1 unspecified atom stereocenters. The lowest BCUT2D eigenvalue weighted by Gasteiger charge is -2.20. The minimum atomic E-state index is -3.42. The Morgan fingerprint density at radius 1 is 1.36 bits per heavy atom. The Morgan fingerprint density at radius 2 is 2.12 bits per heavy atom. The number of anilines is 1. The van der Waals surface area contributed by atoms with Crippen LogP contribution in [0.15, 0.2) is 39.6 Å².